The van der Waals surface area contributed by atoms with Crippen molar-refractivity contribution >= 4 is 43.7 Å². The predicted octanol–water partition coefficient (Wildman–Crippen LogP) is 5.18. The standard InChI is InChI=1S/C15H9NS2/c1-3-13-11(2-4-14-15(13)18-9-16-14)7-10(1)12-5-6-17-8-12/h1-9H. The molecule has 18 heavy (non-hydrogen) atoms. The maximum Gasteiger partial charge on any atom is 0.0818 e. The highest BCUT2D eigenvalue weighted by Gasteiger charge is 2.05. The van der Waals surface area contributed by atoms with Crippen LogP contribution in [-0.2, 0) is 0 Å². The third kappa shape index (κ3) is 1.48. The molecule has 0 aliphatic heterocycles. The Labute approximate surface area is 112 Å². The van der Waals surface area contributed by atoms with Crippen LogP contribution in [0, 0.1) is 0 Å². The first-order valence-electron chi connectivity index (χ1n) is 5.70. The Morgan fingerprint density at radius 3 is 2.83 bits per heavy atom. The van der Waals surface area contributed by atoms with Gasteiger partial charge in [-0.05, 0) is 45.5 Å². The lowest BCUT2D eigenvalue weighted by Crippen LogP contribution is -1.77. The van der Waals surface area contributed by atoms with E-state index < -0.39 is 0 Å². The molecule has 0 N–H and O–H groups in total. The average Bonchev–Trinajstić information content (AvgIpc) is 3.09. The number of rotatable bonds is 1. The minimum atomic E-state index is 1.09. The zero-order valence-corrected chi connectivity index (χ0v) is 11.1. The molecule has 86 valence electrons. The molecule has 2 aromatic heterocycles. The van der Waals surface area contributed by atoms with Gasteiger partial charge in [-0.3, -0.25) is 0 Å². The summed E-state index contributed by atoms with van der Waals surface area (Å²) in [5.41, 5.74) is 5.59. The summed E-state index contributed by atoms with van der Waals surface area (Å²) in [4.78, 5) is 4.36. The van der Waals surface area contributed by atoms with Crippen LogP contribution in [0.2, 0.25) is 0 Å². The molecule has 0 bridgehead atoms. The Balaban J connectivity index is 2.03. The van der Waals surface area contributed by atoms with Crippen LogP contribution >= 0.6 is 22.7 Å². The summed E-state index contributed by atoms with van der Waals surface area (Å²) < 4.78 is 1.28. The summed E-state index contributed by atoms with van der Waals surface area (Å²) >= 11 is 3.45. The lowest BCUT2D eigenvalue weighted by molar-refractivity contribution is 1.51. The molecule has 0 saturated carbocycles. The molecule has 1 nitrogen and oxygen atoms in total. The van der Waals surface area contributed by atoms with Crippen molar-refractivity contribution < 1.29 is 0 Å². The monoisotopic (exact) mass is 267 g/mol. The Morgan fingerprint density at radius 1 is 0.944 bits per heavy atom. The number of fused-ring (bicyclic) bond motifs is 3. The Bertz CT molecular complexity index is 828. The number of thiophene rings is 1. The summed E-state index contributed by atoms with van der Waals surface area (Å²) in [5.74, 6) is 0. The SMILES string of the molecule is c1cc(-c2ccc3c(ccc4ncsc43)c2)cs1. The van der Waals surface area contributed by atoms with Crippen LogP contribution in [0.3, 0.4) is 0 Å². The van der Waals surface area contributed by atoms with Gasteiger partial charge in [0.05, 0.1) is 15.7 Å². The van der Waals surface area contributed by atoms with E-state index in [9.17, 15) is 0 Å². The first kappa shape index (κ1) is 10.2. The zero-order chi connectivity index (χ0) is 11.9. The van der Waals surface area contributed by atoms with Crippen molar-refractivity contribution in [2.24, 2.45) is 0 Å². The van der Waals surface area contributed by atoms with Crippen LogP contribution in [0.15, 0.2) is 52.7 Å². The van der Waals surface area contributed by atoms with Gasteiger partial charge in [-0.1, -0.05) is 18.2 Å². The maximum absolute atomic E-state index is 4.36. The van der Waals surface area contributed by atoms with Crippen molar-refractivity contribution in [2.75, 3.05) is 0 Å². The first-order chi connectivity index (χ1) is 8.92. The van der Waals surface area contributed by atoms with Gasteiger partial charge in [-0.25, -0.2) is 4.98 Å². The second-order valence-corrected chi connectivity index (χ2v) is 5.85. The number of thiazole rings is 1. The number of hydrogen-bond acceptors (Lipinski definition) is 3. The van der Waals surface area contributed by atoms with E-state index in [0.717, 1.165) is 5.52 Å². The lowest BCUT2D eigenvalue weighted by atomic mass is 10.0. The second kappa shape index (κ2) is 3.90. The molecule has 0 fully saturated rings. The molecule has 0 saturated heterocycles. The minimum Gasteiger partial charge on any atom is -0.245 e. The van der Waals surface area contributed by atoms with E-state index in [-0.39, 0.29) is 0 Å². The molecule has 2 aromatic carbocycles. The van der Waals surface area contributed by atoms with Crippen LogP contribution in [0.4, 0.5) is 0 Å². The topological polar surface area (TPSA) is 12.9 Å². The molecule has 2 heterocycles. The van der Waals surface area contributed by atoms with E-state index in [0.29, 0.717) is 0 Å². The molecule has 0 aliphatic rings. The highest BCUT2D eigenvalue weighted by atomic mass is 32.1. The van der Waals surface area contributed by atoms with Crippen molar-refractivity contribution in [3.8, 4) is 11.1 Å². The summed E-state index contributed by atoms with van der Waals surface area (Å²) in [5, 5.41) is 6.89. The molecule has 0 atom stereocenters. The molecule has 0 unspecified atom stereocenters. The van der Waals surface area contributed by atoms with Crippen molar-refractivity contribution in [3.63, 3.8) is 0 Å². The van der Waals surface area contributed by atoms with Gasteiger partial charge in [-0.2, -0.15) is 11.3 Å². The van der Waals surface area contributed by atoms with E-state index in [1.807, 2.05) is 5.51 Å². The number of aromatic nitrogens is 1. The minimum absolute atomic E-state index is 1.09. The van der Waals surface area contributed by atoms with Gasteiger partial charge in [0.2, 0.25) is 0 Å². The van der Waals surface area contributed by atoms with Crippen molar-refractivity contribution in [1.29, 1.82) is 0 Å². The van der Waals surface area contributed by atoms with Gasteiger partial charge >= 0.3 is 0 Å². The normalized spacial score (nSPS) is 11.3. The largest absolute Gasteiger partial charge is 0.245 e. The van der Waals surface area contributed by atoms with Crippen LogP contribution in [0.25, 0.3) is 32.1 Å². The van der Waals surface area contributed by atoms with Gasteiger partial charge in [-0.15, -0.1) is 11.3 Å². The van der Waals surface area contributed by atoms with Crippen LogP contribution in [0.1, 0.15) is 0 Å². The molecule has 0 radical (unpaired) electrons. The third-order valence-corrected chi connectivity index (χ3v) is 4.73. The third-order valence-electron chi connectivity index (χ3n) is 3.17. The Hall–Kier alpha value is -1.71. The highest BCUT2D eigenvalue weighted by Crippen LogP contribution is 2.31. The maximum atomic E-state index is 4.36. The van der Waals surface area contributed by atoms with Crippen molar-refractivity contribution in [2.45, 2.75) is 0 Å². The summed E-state index contributed by atoms with van der Waals surface area (Å²) in [6.07, 6.45) is 0. The van der Waals surface area contributed by atoms with Crippen LogP contribution in [-0.4, -0.2) is 4.98 Å². The van der Waals surface area contributed by atoms with Gasteiger partial charge in [0.15, 0.2) is 0 Å². The van der Waals surface area contributed by atoms with Gasteiger partial charge in [0, 0.05) is 5.39 Å². The number of benzene rings is 2. The van der Waals surface area contributed by atoms with Gasteiger partial charge < -0.3 is 0 Å². The Morgan fingerprint density at radius 2 is 1.94 bits per heavy atom. The van der Waals surface area contributed by atoms with Crippen LogP contribution in [0.5, 0.6) is 0 Å². The van der Waals surface area contributed by atoms with E-state index in [1.54, 1.807) is 22.7 Å². The molecule has 4 aromatic rings. The quantitative estimate of drug-likeness (QED) is 0.463. The zero-order valence-electron chi connectivity index (χ0n) is 9.46. The molecule has 0 amide bonds. The van der Waals surface area contributed by atoms with E-state index in [4.69, 9.17) is 0 Å². The fraction of sp³-hybridized carbons (Fsp3) is 0. The summed E-state index contributed by atoms with van der Waals surface area (Å²) in [6.45, 7) is 0. The summed E-state index contributed by atoms with van der Waals surface area (Å²) in [7, 11) is 0. The second-order valence-electron chi connectivity index (χ2n) is 4.21. The molecule has 4 rings (SSSR count). The average molecular weight is 267 g/mol. The molecule has 0 aliphatic carbocycles. The lowest BCUT2D eigenvalue weighted by Gasteiger charge is -2.02. The van der Waals surface area contributed by atoms with Crippen molar-refractivity contribution in [3.05, 3.63) is 52.7 Å². The molecule has 0 spiro atoms. The van der Waals surface area contributed by atoms with E-state index in [2.05, 4.69) is 52.1 Å². The molecule has 3 heteroatoms. The van der Waals surface area contributed by atoms with E-state index in [1.165, 1.54) is 26.6 Å². The fourth-order valence-electron chi connectivity index (χ4n) is 2.26. The first-order valence-corrected chi connectivity index (χ1v) is 7.52. The van der Waals surface area contributed by atoms with Crippen molar-refractivity contribution in [1.82, 2.24) is 4.98 Å². The Kier molecular flexibility index (Phi) is 2.22. The smallest absolute Gasteiger partial charge is 0.0818 e. The predicted molar refractivity (Wildman–Crippen MR) is 80.4 cm³/mol. The molecular weight excluding hydrogens is 258 g/mol. The summed E-state index contributed by atoms with van der Waals surface area (Å²) in [6, 6.07) is 13.1. The van der Waals surface area contributed by atoms with Gasteiger partial charge in [0.25, 0.3) is 0 Å². The fourth-order valence-corrected chi connectivity index (χ4v) is 3.75. The highest BCUT2D eigenvalue weighted by molar-refractivity contribution is 7.17. The van der Waals surface area contributed by atoms with Crippen LogP contribution < -0.4 is 0 Å². The van der Waals surface area contributed by atoms with E-state index >= 15 is 0 Å². The molecular formula is C15H9NS2. The number of nitrogens with zero attached hydrogens (tertiary/aromatic N) is 1. The van der Waals surface area contributed by atoms with Gasteiger partial charge in [0.1, 0.15) is 0 Å². The number of hydrogen-bond donors (Lipinski definition) is 0.